The molecule has 0 atom stereocenters. The monoisotopic (exact) mass is 235 g/mol. The summed E-state index contributed by atoms with van der Waals surface area (Å²) >= 11 is 0. The van der Waals surface area contributed by atoms with Gasteiger partial charge in [-0.05, 0) is 44.0 Å². The van der Waals surface area contributed by atoms with Crippen LogP contribution in [0.3, 0.4) is 0 Å². The van der Waals surface area contributed by atoms with Gasteiger partial charge in [-0.15, -0.1) is 0 Å². The second-order valence-electron chi connectivity index (χ2n) is 4.77. The van der Waals surface area contributed by atoms with E-state index in [4.69, 9.17) is 0 Å². The first kappa shape index (κ1) is 14.1. The molecule has 1 aromatic rings. The van der Waals surface area contributed by atoms with Gasteiger partial charge in [-0.2, -0.15) is 0 Å². The fraction of sp³-hybridized carbons (Fsp3) is 0.643. The van der Waals surface area contributed by atoms with E-state index in [9.17, 15) is 0 Å². The van der Waals surface area contributed by atoms with Crippen LogP contribution in [0.4, 0.5) is 0 Å². The van der Waals surface area contributed by atoms with Gasteiger partial charge in [0.15, 0.2) is 0 Å². The van der Waals surface area contributed by atoms with Gasteiger partial charge in [0.2, 0.25) is 0 Å². The van der Waals surface area contributed by atoms with E-state index in [-0.39, 0.29) is 0 Å². The van der Waals surface area contributed by atoms with E-state index in [1.165, 1.54) is 5.69 Å². The largest absolute Gasteiger partial charge is 0.315 e. The first-order valence-electron chi connectivity index (χ1n) is 6.60. The molecule has 0 aliphatic rings. The summed E-state index contributed by atoms with van der Waals surface area (Å²) in [4.78, 5) is 4.31. The molecule has 2 N–H and O–H groups in total. The van der Waals surface area contributed by atoms with Crippen molar-refractivity contribution >= 4 is 0 Å². The Labute approximate surface area is 105 Å². The molecule has 0 aromatic carbocycles. The van der Waals surface area contributed by atoms with Crippen molar-refractivity contribution in [2.24, 2.45) is 5.92 Å². The van der Waals surface area contributed by atoms with Crippen LogP contribution in [0.15, 0.2) is 24.4 Å². The lowest BCUT2D eigenvalue weighted by atomic mass is 10.2. The summed E-state index contributed by atoms with van der Waals surface area (Å²) in [5.74, 6) is 0.735. The van der Waals surface area contributed by atoms with Gasteiger partial charge in [0.05, 0.1) is 0 Å². The quantitative estimate of drug-likeness (QED) is 0.641. The highest BCUT2D eigenvalue weighted by atomic mass is 14.9. The van der Waals surface area contributed by atoms with E-state index in [1.807, 2.05) is 18.3 Å². The molecule has 0 saturated heterocycles. The molecule has 1 aromatic heterocycles. The molecule has 0 bridgehead atoms. The van der Waals surface area contributed by atoms with Gasteiger partial charge in [0.1, 0.15) is 0 Å². The van der Waals surface area contributed by atoms with Crippen LogP contribution in [-0.4, -0.2) is 31.2 Å². The Morgan fingerprint density at radius 3 is 2.65 bits per heavy atom. The molecule has 0 aliphatic heterocycles. The molecule has 3 nitrogen and oxygen atoms in total. The smallest absolute Gasteiger partial charge is 0.0404 e. The van der Waals surface area contributed by atoms with Gasteiger partial charge >= 0.3 is 0 Å². The molecule has 0 aliphatic carbocycles. The number of aryl methyl sites for hydroxylation is 1. The molecule has 17 heavy (non-hydrogen) atoms. The molecule has 0 radical (unpaired) electrons. The maximum Gasteiger partial charge on any atom is 0.0404 e. The zero-order valence-corrected chi connectivity index (χ0v) is 11.1. The van der Waals surface area contributed by atoms with Gasteiger partial charge < -0.3 is 10.6 Å². The van der Waals surface area contributed by atoms with Crippen LogP contribution in [0.2, 0.25) is 0 Å². The number of rotatable bonds is 9. The number of pyridine rings is 1. The highest BCUT2D eigenvalue weighted by Crippen LogP contribution is 1.96. The van der Waals surface area contributed by atoms with E-state index in [0.717, 1.165) is 44.9 Å². The van der Waals surface area contributed by atoms with Crippen LogP contribution in [0.25, 0.3) is 0 Å². The summed E-state index contributed by atoms with van der Waals surface area (Å²) in [7, 11) is 0. The standard InChI is InChI=1S/C14H25N3/c1-13(2)12-16-11-10-15-8-5-7-14-6-3-4-9-17-14/h3-4,6,9,13,15-16H,5,7-8,10-12H2,1-2H3. The van der Waals surface area contributed by atoms with Gasteiger partial charge in [-0.1, -0.05) is 19.9 Å². The third-order valence-electron chi connectivity index (χ3n) is 2.54. The molecule has 1 heterocycles. The minimum atomic E-state index is 0.735. The molecular weight excluding hydrogens is 210 g/mol. The van der Waals surface area contributed by atoms with Crippen LogP contribution < -0.4 is 10.6 Å². The summed E-state index contributed by atoms with van der Waals surface area (Å²) in [5.41, 5.74) is 1.19. The highest BCUT2D eigenvalue weighted by Gasteiger charge is 1.94. The van der Waals surface area contributed by atoms with Gasteiger partial charge in [0.25, 0.3) is 0 Å². The molecule has 96 valence electrons. The zero-order chi connectivity index (χ0) is 12.3. The van der Waals surface area contributed by atoms with Crippen LogP contribution in [0.5, 0.6) is 0 Å². The molecule has 0 spiro atoms. The number of aromatic nitrogens is 1. The second kappa shape index (κ2) is 9.14. The second-order valence-corrected chi connectivity index (χ2v) is 4.77. The van der Waals surface area contributed by atoms with Crippen molar-refractivity contribution in [1.82, 2.24) is 15.6 Å². The van der Waals surface area contributed by atoms with E-state index >= 15 is 0 Å². The average Bonchev–Trinajstić information content (AvgIpc) is 2.33. The van der Waals surface area contributed by atoms with Crippen molar-refractivity contribution in [2.75, 3.05) is 26.2 Å². The van der Waals surface area contributed by atoms with E-state index in [1.54, 1.807) is 0 Å². The van der Waals surface area contributed by atoms with Gasteiger partial charge in [-0.25, -0.2) is 0 Å². The Morgan fingerprint density at radius 2 is 1.94 bits per heavy atom. The van der Waals surface area contributed by atoms with Crippen LogP contribution in [0.1, 0.15) is 26.0 Å². The lowest BCUT2D eigenvalue weighted by Crippen LogP contribution is -2.30. The lowest BCUT2D eigenvalue weighted by Gasteiger charge is -2.08. The fourth-order valence-electron chi connectivity index (χ4n) is 1.63. The first-order chi connectivity index (χ1) is 8.29. The van der Waals surface area contributed by atoms with Crippen molar-refractivity contribution in [3.05, 3.63) is 30.1 Å². The molecule has 3 heteroatoms. The number of nitrogens with zero attached hydrogens (tertiary/aromatic N) is 1. The maximum absolute atomic E-state index is 4.31. The molecule has 0 saturated carbocycles. The van der Waals surface area contributed by atoms with Crippen molar-refractivity contribution in [1.29, 1.82) is 0 Å². The average molecular weight is 235 g/mol. The molecule has 1 rings (SSSR count). The predicted octanol–water partition coefficient (Wildman–Crippen LogP) is 1.85. The number of hydrogen-bond donors (Lipinski definition) is 2. The highest BCUT2D eigenvalue weighted by molar-refractivity contribution is 5.03. The summed E-state index contributed by atoms with van der Waals surface area (Å²) in [5, 5.41) is 6.86. The predicted molar refractivity (Wildman–Crippen MR) is 73.1 cm³/mol. The summed E-state index contributed by atoms with van der Waals surface area (Å²) in [6.45, 7) is 8.74. The van der Waals surface area contributed by atoms with Gasteiger partial charge in [-0.3, -0.25) is 4.98 Å². The Hall–Kier alpha value is -0.930. The van der Waals surface area contributed by atoms with Crippen molar-refractivity contribution < 1.29 is 0 Å². The Bertz CT molecular complexity index is 272. The summed E-state index contributed by atoms with van der Waals surface area (Å²) in [6.07, 6.45) is 4.08. The van der Waals surface area contributed by atoms with E-state index < -0.39 is 0 Å². The fourth-order valence-corrected chi connectivity index (χ4v) is 1.63. The zero-order valence-electron chi connectivity index (χ0n) is 11.1. The third kappa shape index (κ3) is 7.88. The Kier molecular flexibility index (Phi) is 7.60. The third-order valence-corrected chi connectivity index (χ3v) is 2.54. The van der Waals surface area contributed by atoms with Crippen LogP contribution in [-0.2, 0) is 6.42 Å². The molecule has 0 unspecified atom stereocenters. The van der Waals surface area contributed by atoms with Crippen molar-refractivity contribution in [2.45, 2.75) is 26.7 Å². The summed E-state index contributed by atoms with van der Waals surface area (Å²) < 4.78 is 0. The van der Waals surface area contributed by atoms with E-state index in [0.29, 0.717) is 0 Å². The van der Waals surface area contributed by atoms with Gasteiger partial charge in [0, 0.05) is 25.0 Å². The first-order valence-corrected chi connectivity index (χ1v) is 6.60. The SMILES string of the molecule is CC(C)CNCCNCCCc1ccccn1. The minimum absolute atomic E-state index is 0.735. The van der Waals surface area contributed by atoms with Crippen LogP contribution >= 0.6 is 0 Å². The topological polar surface area (TPSA) is 37.0 Å². The normalized spacial score (nSPS) is 11.0. The van der Waals surface area contributed by atoms with Crippen LogP contribution in [0, 0.1) is 5.92 Å². The minimum Gasteiger partial charge on any atom is -0.315 e. The lowest BCUT2D eigenvalue weighted by molar-refractivity contribution is 0.532. The van der Waals surface area contributed by atoms with Crippen molar-refractivity contribution in [3.63, 3.8) is 0 Å². The molecule has 0 amide bonds. The van der Waals surface area contributed by atoms with E-state index in [2.05, 4.69) is 35.5 Å². The Balaban J connectivity index is 1.88. The maximum atomic E-state index is 4.31. The van der Waals surface area contributed by atoms with Crippen molar-refractivity contribution in [3.8, 4) is 0 Å². The molecular formula is C14H25N3. The summed E-state index contributed by atoms with van der Waals surface area (Å²) in [6, 6.07) is 6.10. The Morgan fingerprint density at radius 1 is 1.12 bits per heavy atom. The number of nitrogens with one attached hydrogen (secondary N) is 2. The number of hydrogen-bond acceptors (Lipinski definition) is 3. The molecule has 0 fully saturated rings.